The van der Waals surface area contributed by atoms with Gasteiger partial charge in [0.2, 0.25) is 0 Å². The fourth-order valence-electron chi connectivity index (χ4n) is 2.75. The van der Waals surface area contributed by atoms with E-state index >= 15 is 0 Å². The monoisotopic (exact) mass is 336 g/mol. The molecular weight excluding hydrogens is 319 g/mol. The molecule has 1 aromatic carbocycles. The Morgan fingerprint density at radius 2 is 2.22 bits per heavy atom. The van der Waals surface area contributed by atoms with E-state index in [1.165, 1.54) is 30.6 Å². The first-order chi connectivity index (χ1) is 11.1. The summed E-state index contributed by atoms with van der Waals surface area (Å²) in [5.41, 5.74) is 1.67. The zero-order valence-electron chi connectivity index (χ0n) is 12.6. The summed E-state index contributed by atoms with van der Waals surface area (Å²) >= 11 is 1.47. The van der Waals surface area contributed by atoms with E-state index in [-0.39, 0.29) is 11.8 Å². The number of halogens is 1. The zero-order valence-corrected chi connectivity index (χ0v) is 13.4. The van der Waals surface area contributed by atoms with Gasteiger partial charge in [0.15, 0.2) is 0 Å². The van der Waals surface area contributed by atoms with E-state index < -0.39 is 12.1 Å². The van der Waals surface area contributed by atoms with Gasteiger partial charge in [-0.1, -0.05) is 0 Å². The van der Waals surface area contributed by atoms with E-state index in [1.54, 1.807) is 12.1 Å². The van der Waals surface area contributed by atoms with Crippen molar-refractivity contribution in [3.8, 4) is 10.6 Å². The minimum absolute atomic E-state index is 0.280. The van der Waals surface area contributed by atoms with E-state index in [1.807, 2.05) is 10.3 Å². The van der Waals surface area contributed by atoms with E-state index in [0.29, 0.717) is 19.5 Å². The van der Waals surface area contributed by atoms with Crippen LogP contribution in [0.2, 0.25) is 0 Å². The number of carbonyl (C=O) groups is 1. The van der Waals surface area contributed by atoms with Crippen molar-refractivity contribution in [2.45, 2.75) is 25.1 Å². The maximum Gasteiger partial charge on any atom is 0.323 e. The molecule has 2 aromatic rings. The SMILES string of the molecule is COC(=O)[C@@H]1C[C@H](O)CN1Cc1csc(-c2ccc(F)cc2)n1. The van der Waals surface area contributed by atoms with Crippen LogP contribution < -0.4 is 0 Å². The number of carbonyl (C=O) groups excluding carboxylic acids is 1. The number of β-amino-alcohol motifs (C(OH)–C–C–N with tert-alkyl or cyclic N) is 1. The molecule has 1 aliphatic rings. The highest BCUT2D eigenvalue weighted by Gasteiger charge is 2.36. The largest absolute Gasteiger partial charge is 0.468 e. The Morgan fingerprint density at radius 3 is 2.91 bits per heavy atom. The second kappa shape index (κ2) is 6.74. The minimum Gasteiger partial charge on any atom is -0.468 e. The molecule has 0 bridgehead atoms. The Kier molecular flexibility index (Phi) is 4.70. The van der Waals surface area contributed by atoms with Gasteiger partial charge in [-0.3, -0.25) is 9.69 Å². The topological polar surface area (TPSA) is 62.7 Å². The second-order valence-electron chi connectivity index (χ2n) is 5.51. The summed E-state index contributed by atoms with van der Waals surface area (Å²) in [4.78, 5) is 18.2. The number of methoxy groups -OCH3 is 1. The van der Waals surface area contributed by atoms with Crippen molar-refractivity contribution in [1.82, 2.24) is 9.88 Å². The molecule has 0 saturated carbocycles. The van der Waals surface area contributed by atoms with Gasteiger partial charge in [0.05, 0.1) is 18.9 Å². The number of aromatic nitrogens is 1. The molecule has 7 heteroatoms. The molecule has 0 aliphatic carbocycles. The number of esters is 1. The standard InChI is InChI=1S/C16H17FN2O3S/c1-22-16(21)14-6-13(20)8-19(14)7-12-9-23-15(18-12)10-2-4-11(17)5-3-10/h2-5,9,13-14,20H,6-8H2,1H3/t13-,14-/m0/s1. The molecule has 2 atom stereocenters. The number of ether oxygens (including phenoxy) is 1. The highest BCUT2D eigenvalue weighted by Crippen LogP contribution is 2.26. The Bertz CT molecular complexity index is 689. The summed E-state index contributed by atoms with van der Waals surface area (Å²) in [7, 11) is 1.35. The number of nitrogens with zero attached hydrogens (tertiary/aromatic N) is 2. The van der Waals surface area contributed by atoms with Crippen molar-refractivity contribution >= 4 is 17.3 Å². The van der Waals surface area contributed by atoms with Crippen LogP contribution >= 0.6 is 11.3 Å². The van der Waals surface area contributed by atoms with Gasteiger partial charge in [-0.25, -0.2) is 9.37 Å². The number of hydrogen-bond acceptors (Lipinski definition) is 6. The van der Waals surface area contributed by atoms with Gasteiger partial charge in [-0.2, -0.15) is 0 Å². The molecule has 122 valence electrons. The molecule has 1 aromatic heterocycles. The van der Waals surface area contributed by atoms with Crippen molar-refractivity contribution < 1.29 is 19.0 Å². The van der Waals surface area contributed by atoms with Crippen LogP contribution in [-0.4, -0.2) is 46.8 Å². The van der Waals surface area contributed by atoms with E-state index in [9.17, 15) is 14.3 Å². The lowest BCUT2D eigenvalue weighted by Gasteiger charge is -2.20. The van der Waals surface area contributed by atoms with Crippen LogP contribution in [0.25, 0.3) is 10.6 Å². The fraction of sp³-hybridized carbons (Fsp3) is 0.375. The lowest BCUT2D eigenvalue weighted by atomic mass is 10.2. The van der Waals surface area contributed by atoms with Gasteiger partial charge in [-0.15, -0.1) is 11.3 Å². The van der Waals surface area contributed by atoms with Crippen molar-refractivity contribution in [2.24, 2.45) is 0 Å². The third-order valence-electron chi connectivity index (χ3n) is 3.86. The molecular formula is C16H17FN2O3S. The van der Waals surface area contributed by atoms with Crippen LogP contribution in [0.4, 0.5) is 4.39 Å². The van der Waals surface area contributed by atoms with E-state index in [0.717, 1.165) is 16.3 Å². The number of benzene rings is 1. The summed E-state index contributed by atoms with van der Waals surface area (Å²) < 4.78 is 17.8. The van der Waals surface area contributed by atoms with Gasteiger partial charge in [0.1, 0.15) is 16.9 Å². The lowest BCUT2D eigenvalue weighted by Crippen LogP contribution is -2.36. The maximum atomic E-state index is 13.0. The van der Waals surface area contributed by atoms with Crippen LogP contribution in [0.15, 0.2) is 29.6 Å². The molecule has 1 aliphatic heterocycles. The summed E-state index contributed by atoms with van der Waals surface area (Å²) in [5.74, 6) is -0.618. The number of aliphatic hydroxyl groups excluding tert-OH is 1. The van der Waals surface area contributed by atoms with E-state index in [4.69, 9.17) is 4.74 Å². The molecule has 0 unspecified atom stereocenters. The quantitative estimate of drug-likeness (QED) is 0.866. The van der Waals surface area contributed by atoms with Crippen LogP contribution in [0.3, 0.4) is 0 Å². The summed E-state index contributed by atoms with van der Waals surface area (Å²) in [6, 6.07) is 5.75. The van der Waals surface area contributed by atoms with Crippen molar-refractivity contribution in [3.05, 3.63) is 41.2 Å². The number of likely N-dealkylation sites (tertiary alicyclic amines) is 1. The van der Waals surface area contributed by atoms with Crippen LogP contribution in [-0.2, 0) is 16.1 Å². The van der Waals surface area contributed by atoms with Crippen molar-refractivity contribution in [2.75, 3.05) is 13.7 Å². The fourth-order valence-corrected chi connectivity index (χ4v) is 3.57. The average molecular weight is 336 g/mol. The zero-order chi connectivity index (χ0) is 16.4. The van der Waals surface area contributed by atoms with Crippen LogP contribution in [0, 0.1) is 5.82 Å². The first-order valence-electron chi connectivity index (χ1n) is 7.27. The van der Waals surface area contributed by atoms with E-state index in [2.05, 4.69) is 4.98 Å². The molecule has 3 rings (SSSR count). The van der Waals surface area contributed by atoms with Gasteiger partial charge < -0.3 is 9.84 Å². The van der Waals surface area contributed by atoms with Crippen molar-refractivity contribution in [1.29, 1.82) is 0 Å². The first-order valence-corrected chi connectivity index (χ1v) is 8.15. The molecule has 23 heavy (non-hydrogen) atoms. The Labute approximate surface area is 137 Å². The Hall–Kier alpha value is -1.83. The van der Waals surface area contributed by atoms with Gasteiger partial charge in [0, 0.05) is 30.5 Å². The highest BCUT2D eigenvalue weighted by molar-refractivity contribution is 7.13. The Morgan fingerprint density at radius 1 is 1.48 bits per heavy atom. The molecule has 1 N–H and O–H groups in total. The summed E-state index contributed by atoms with van der Waals surface area (Å²) in [5, 5.41) is 12.5. The minimum atomic E-state index is -0.533. The maximum absolute atomic E-state index is 13.0. The Balaban J connectivity index is 1.73. The van der Waals surface area contributed by atoms with Gasteiger partial charge in [0.25, 0.3) is 0 Å². The summed E-state index contributed by atoms with van der Waals surface area (Å²) in [6.07, 6.45) is -0.156. The third-order valence-corrected chi connectivity index (χ3v) is 4.80. The van der Waals surface area contributed by atoms with Gasteiger partial charge >= 0.3 is 5.97 Å². The molecule has 5 nitrogen and oxygen atoms in total. The normalized spacial score (nSPS) is 21.5. The third kappa shape index (κ3) is 3.57. The molecule has 1 fully saturated rings. The first kappa shape index (κ1) is 16.0. The predicted molar refractivity (Wildman–Crippen MR) is 84.3 cm³/mol. The molecule has 0 amide bonds. The number of rotatable bonds is 4. The lowest BCUT2D eigenvalue weighted by molar-refractivity contribution is -0.146. The average Bonchev–Trinajstić information content (AvgIpc) is 3.14. The number of aliphatic hydroxyl groups is 1. The predicted octanol–water partition coefficient (Wildman–Crippen LogP) is 2.06. The number of hydrogen-bond donors (Lipinski definition) is 1. The smallest absolute Gasteiger partial charge is 0.323 e. The molecule has 2 heterocycles. The van der Waals surface area contributed by atoms with Crippen LogP contribution in [0.5, 0.6) is 0 Å². The molecule has 0 radical (unpaired) electrons. The summed E-state index contributed by atoms with van der Waals surface area (Å²) in [6.45, 7) is 0.887. The number of thiazole rings is 1. The highest BCUT2D eigenvalue weighted by atomic mass is 32.1. The molecule has 0 spiro atoms. The second-order valence-corrected chi connectivity index (χ2v) is 6.37. The van der Waals surface area contributed by atoms with Gasteiger partial charge in [-0.05, 0) is 24.3 Å². The molecule has 1 saturated heterocycles. The van der Waals surface area contributed by atoms with Crippen molar-refractivity contribution in [3.63, 3.8) is 0 Å². The van der Waals surface area contributed by atoms with Crippen LogP contribution in [0.1, 0.15) is 12.1 Å².